The minimum Gasteiger partial charge on any atom is -0.497 e. The Kier molecular flexibility index (Phi) is 3.22. The summed E-state index contributed by atoms with van der Waals surface area (Å²) in [6, 6.07) is 6.24. The zero-order valence-electron chi connectivity index (χ0n) is 10.3. The van der Waals surface area contributed by atoms with Gasteiger partial charge >= 0.3 is 0 Å². The number of hydrogen-bond donors (Lipinski definition) is 1. The molecule has 0 spiro atoms. The summed E-state index contributed by atoms with van der Waals surface area (Å²) in [7, 11) is 1.70. The summed E-state index contributed by atoms with van der Waals surface area (Å²) in [5.41, 5.74) is 2.48. The maximum Gasteiger partial charge on any atom is 0.121 e. The standard InChI is InChI=1S/C13H20N2O/c1-10(2)9-15-7-6-14-12-8-11(16-3)4-5-13(12)15/h4-5,8,10,14H,6-7,9H2,1-3H3. The predicted molar refractivity (Wildman–Crippen MR) is 68.5 cm³/mol. The van der Waals surface area contributed by atoms with Crippen molar-refractivity contribution in [2.45, 2.75) is 13.8 Å². The van der Waals surface area contributed by atoms with Gasteiger partial charge in [-0.15, -0.1) is 0 Å². The molecule has 0 fully saturated rings. The zero-order chi connectivity index (χ0) is 11.5. The second-order valence-corrected chi connectivity index (χ2v) is 4.65. The summed E-state index contributed by atoms with van der Waals surface area (Å²) in [6.07, 6.45) is 0. The Labute approximate surface area is 97.4 Å². The normalized spacial score (nSPS) is 14.6. The summed E-state index contributed by atoms with van der Waals surface area (Å²) in [4.78, 5) is 2.44. The van der Waals surface area contributed by atoms with Crippen LogP contribution in [0.25, 0.3) is 0 Å². The van der Waals surface area contributed by atoms with Crippen LogP contribution in [-0.2, 0) is 0 Å². The van der Waals surface area contributed by atoms with E-state index >= 15 is 0 Å². The Morgan fingerprint density at radius 1 is 1.44 bits per heavy atom. The lowest BCUT2D eigenvalue weighted by Crippen LogP contribution is -2.36. The van der Waals surface area contributed by atoms with Gasteiger partial charge in [-0.2, -0.15) is 0 Å². The first-order chi connectivity index (χ1) is 7.70. The van der Waals surface area contributed by atoms with E-state index in [0.717, 1.165) is 25.4 Å². The molecule has 1 aromatic carbocycles. The molecule has 2 rings (SSSR count). The minimum atomic E-state index is 0.688. The van der Waals surface area contributed by atoms with Gasteiger partial charge in [0.2, 0.25) is 0 Å². The van der Waals surface area contributed by atoms with E-state index in [9.17, 15) is 0 Å². The van der Waals surface area contributed by atoms with E-state index in [1.807, 2.05) is 6.07 Å². The third-order valence-electron chi connectivity index (χ3n) is 2.83. The number of benzene rings is 1. The van der Waals surface area contributed by atoms with Crippen molar-refractivity contribution in [3.63, 3.8) is 0 Å². The molecule has 0 bridgehead atoms. The van der Waals surface area contributed by atoms with Crippen LogP contribution in [0.5, 0.6) is 5.75 Å². The van der Waals surface area contributed by atoms with Crippen LogP contribution in [0.3, 0.4) is 0 Å². The van der Waals surface area contributed by atoms with Crippen LogP contribution in [0.4, 0.5) is 11.4 Å². The number of methoxy groups -OCH3 is 1. The van der Waals surface area contributed by atoms with Gasteiger partial charge in [0.15, 0.2) is 0 Å². The van der Waals surface area contributed by atoms with Gasteiger partial charge < -0.3 is 15.0 Å². The second-order valence-electron chi connectivity index (χ2n) is 4.65. The first kappa shape index (κ1) is 11.1. The second kappa shape index (κ2) is 4.64. The van der Waals surface area contributed by atoms with Crippen LogP contribution in [0.1, 0.15) is 13.8 Å². The van der Waals surface area contributed by atoms with Crippen LogP contribution >= 0.6 is 0 Å². The molecule has 1 aromatic rings. The summed E-state index contributed by atoms with van der Waals surface area (Å²) in [5.74, 6) is 1.60. The summed E-state index contributed by atoms with van der Waals surface area (Å²) in [5, 5.41) is 3.42. The molecule has 3 heteroatoms. The van der Waals surface area contributed by atoms with Crippen molar-refractivity contribution < 1.29 is 4.74 Å². The van der Waals surface area contributed by atoms with Crippen molar-refractivity contribution in [3.05, 3.63) is 18.2 Å². The van der Waals surface area contributed by atoms with Gasteiger partial charge in [0.05, 0.1) is 18.5 Å². The van der Waals surface area contributed by atoms with E-state index < -0.39 is 0 Å². The Hall–Kier alpha value is -1.38. The quantitative estimate of drug-likeness (QED) is 0.847. The highest BCUT2D eigenvalue weighted by molar-refractivity contribution is 5.73. The van der Waals surface area contributed by atoms with E-state index in [1.165, 1.54) is 11.4 Å². The highest BCUT2D eigenvalue weighted by Gasteiger charge is 2.17. The molecule has 1 heterocycles. The van der Waals surface area contributed by atoms with Crippen molar-refractivity contribution in [3.8, 4) is 5.75 Å². The van der Waals surface area contributed by atoms with Gasteiger partial charge in [0.25, 0.3) is 0 Å². The van der Waals surface area contributed by atoms with Crippen LogP contribution in [0, 0.1) is 5.92 Å². The molecule has 1 aliphatic rings. The lowest BCUT2D eigenvalue weighted by Gasteiger charge is -2.33. The molecule has 3 nitrogen and oxygen atoms in total. The molecular weight excluding hydrogens is 200 g/mol. The average Bonchev–Trinajstić information content (AvgIpc) is 2.28. The fourth-order valence-electron chi connectivity index (χ4n) is 2.14. The average molecular weight is 220 g/mol. The van der Waals surface area contributed by atoms with E-state index in [2.05, 4.69) is 36.2 Å². The summed E-state index contributed by atoms with van der Waals surface area (Å²) < 4.78 is 5.24. The van der Waals surface area contributed by atoms with Gasteiger partial charge in [-0.1, -0.05) is 13.8 Å². The maximum atomic E-state index is 5.24. The highest BCUT2D eigenvalue weighted by atomic mass is 16.5. The van der Waals surface area contributed by atoms with Crippen molar-refractivity contribution in [1.29, 1.82) is 0 Å². The van der Waals surface area contributed by atoms with Crippen LogP contribution in [-0.4, -0.2) is 26.7 Å². The zero-order valence-corrected chi connectivity index (χ0v) is 10.3. The maximum absolute atomic E-state index is 5.24. The summed E-state index contributed by atoms with van der Waals surface area (Å²) in [6.45, 7) is 7.71. The Bertz CT molecular complexity index is 363. The Balaban J connectivity index is 2.25. The number of hydrogen-bond acceptors (Lipinski definition) is 3. The van der Waals surface area contributed by atoms with Crippen LogP contribution in [0.15, 0.2) is 18.2 Å². The molecule has 16 heavy (non-hydrogen) atoms. The van der Waals surface area contributed by atoms with Crippen molar-refractivity contribution in [2.75, 3.05) is 37.0 Å². The van der Waals surface area contributed by atoms with Crippen molar-refractivity contribution in [2.24, 2.45) is 5.92 Å². The van der Waals surface area contributed by atoms with Gasteiger partial charge in [-0.3, -0.25) is 0 Å². The molecule has 0 amide bonds. The third-order valence-corrected chi connectivity index (χ3v) is 2.83. The molecule has 88 valence electrons. The molecule has 1 N–H and O–H groups in total. The number of rotatable bonds is 3. The number of nitrogens with zero attached hydrogens (tertiary/aromatic N) is 1. The molecule has 0 atom stereocenters. The topological polar surface area (TPSA) is 24.5 Å². The fraction of sp³-hybridized carbons (Fsp3) is 0.538. The van der Waals surface area contributed by atoms with Gasteiger partial charge in [-0.25, -0.2) is 0 Å². The Morgan fingerprint density at radius 2 is 2.25 bits per heavy atom. The molecule has 0 aliphatic carbocycles. The van der Waals surface area contributed by atoms with E-state index in [-0.39, 0.29) is 0 Å². The van der Waals surface area contributed by atoms with Crippen molar-refractivity contribution in [1.82, 2.24) is 0 Å². The smallest absolute Gasteiger partial charge is 0.121 e. The number of nitrogens with one attached hydrogen (secondary N) is 1. The SMILES string of the molecule is COc1ccc2c(c1)NCCN2CC(C)C. The molecule has 0 radical (unpaired) electrons. The first-order valence-corrected chi connectivity index (χ1v) is 5.87. The number of ether oxygens (including phenoxy) is 1. The molecule has 0 saturated heterocycles. The lowest BCUT2D eigenvalue weighted by atomic mass is 10.1. The molecule has 0 unspecified atom stereocenters. The van der Waals surface area contributed by atoms with Gasteiger partial charge in [-0.05, 0) is 18.1 Å². The molecule has 0 aromatic heterocycles. The molecular formula is C13H20N2O. The van der Waals surface area contributed by atoms with Crippen LogP contribution < -0.4 is 15.0 Å². The third kappa shape index (κ3) is 2.23. The fourth-order valence-corrected chi connectivity index (χ4v) is 2.14. The summed E-state index contributed by atoms with van der Waals surface area (Å²) >= 11 is 0. The first-order valence-electron chi connectivity index (χ1n) is 5.87. The van der Waals surface area contributed by atoms with E-state index in [1.54, 1.807) is 7.11 Å². The monoisotopic (exact) mass is 220 g/mol. The predicted octanol–water partition coefficient (Wildman–Crippen LogP) is 2.58. The van der Waals surface area contributed by atoms with E-state index in [0.29, 0.717) is 5.92 Å². The largest absolute Gasteiger partial charge is 0.497 e. The Morgan fingerprint density at radius 3 is 2.94 bits per heavy atom. The minimum absolute atomic E-state index is 0.688. The molecule has 1 aliphatic heterocycles. The van der Waals surface area contributed by atoms with Crippen molar-refractivity contribution >= 4 is 11.4 Å². The van der Waals surface area contributed by atoms with Gasteiger partial charge in [0, 0.05) is 25.7 Å². The highest BCUT2D eigenvalue weighted by Crippen LogP contribution is 2.32. The van der Waals surface area contributed by atoms with E-state index in [4.69, 9.17) is 4.74 Å². The molecule has 0 saturated carbocycles. The number of anilines is 2. The van der Waals surface area contributed by atoms with Crippen LogP contribution in [0.2, 0.25) is 0 Å². The van der Waals surface area contributed by atoms with Gasteiger partial charge in [0.1, 0.15) is 5.75 Å². The number of fused-ring (bicyclic) bond motifs is 1. The lowest BCUT2D eigenvalue weighted by molar-refractivity contribution is 0.415.